The van der Waals surface area contributed by atoms with Crippen LogP contribution in [0, 0.1) is 0 Å². The van der Waals surface area contributed by atoms with Gasteiger partial charge in [-0.15, -0.1) is 0 Å². The van der Waals surface area contributed by atoms with Crippen LogP contribution in [-0.2, 0) is 21.2 Å². The zero-order chi connectivity index (χ0) is 21.0. The number of benzene rings is 1. The van der Waals surface area contributed by atoms with Gasteiger partial charge in [-0.05, 0) is 38.8 Å². The zero-order valence-electron chi connectivity index (χ0n) is 16.9. The third-order valence-corrected chi connectivity index (χ3v) is 5.44. The lowest BCUT2D eigenvalue weighted by atomic mass is 9.94. The highest BCUT2D eigenvalue weighted by atomic mass is 32.2. The number of nitrogens with zero attached hydrogens (tertiary/aromatic N) is 2. The van der Waals surface area contributed by atoms with Gasteiger partial charge in [0, 0.05) is 24.6 Å². The fraction of sp³-hybridized carbons (Fsp3) is 0.500. The van der Waals surface area contributed by atoms with Gasteiger partial charge in [0.25, 0.3) is 0 Å². The molecule has 1 aliphatic heterocycles. The van der Waals surface area contributed by atoms with Gasteiger partial charge in [0.15, 0.2) is 0 Å². The van der Waals surface area contributed by atoms with Gasteiger partial charge in [0.1, 0.15) is 6.26 Å². The molecular weight excluding hydrogens is 394 g/mol. The molecule has 8 nitrogen and oxygen atoms in total. The average Bonchev–Trinajstić information content (AvgIpc) is 3.10. The first-order valence-corrected chi connectivity index (χ1v) is 11.6. The molecule has 0 saturated carbocycles. The summed E-state index contributed by atoms with van der Waals surface area (Å²) in [5.74, 6) is 0.486. The Morgan fingerprint density at radius 1 is 1.34 bits per heavy atom. The van der Waals surface area contributed by atoms with Crippen LogP contribution in [0.1, 0.15) is 32.4 Å². The monoisotopic (exact) mass is 421 g/mol. The average molecular weight is 422 g/mol. The number of piperidine rings is 1. The minimum absolute atomic E-state index is 0.261. The second kappa shape index (κ2) is 8.96. The Bertz CT molecular complexity index is 927. The van der Waals surface area contributed by atoms with Crippen molar-refractivity contribution in [1.82, 2.24) is 14.6 Å². The van der Waals surface area contributed by atoms with Crippen LogP contribution in [0.3, 0.4) is 0 Å². The van der Waals surface area contributed by atoms with Crippen LogP contribution in [0.4, 0.5) is 4.79 Å². The second-order valence-electron chi connectivity index (χ2n) is 7.55. The minimum atomic E-state index is -3.43. The molecule has 3 rings (SSSR count). The summed E-state index contributed by atoms with van der Waals surface area (Å²) in [5, 5.41) is 0. The Kier molecular flexibility index (Phi) is 6.59. The molecule has 1 saturated heterocycles. The van der Waals surface area contributed by atoms with Crippen LogP contribution in [0.2, 0.25) is 0 Å². The lowest BCUT2D eigenvalue weighted by Crippen LogP contribution is -2.58. The maximum Gasteiger partial charge on any atom is 0.410 e. The van der Waals surface area contributed by atoms with E-state index in [1.54, 1.807) is 25.0 Å². The Morgan fingerprint density at radius 3 is 2.72 bits per heavy atom. The van der Waals surface area contributed by atoms with Gasteiger partial charge < -0.3 is 14.1 Å². The number of oxazole rings is 1. The number of aromatic nitrogens is 1. The van der Waals surface area contributed by atoms with Crippen LogP contribution in [-0.4, -0.2) is 55.4 Å². The molecule has 0 aliphatic carbocycles. The van der Waals surface area contributed by atoms with E-state index in [1.165, 1.54) is 0 Å². The molecule has 1 aromatic heterocycles. The number of hydrogen-bond donors (Lipinski definition) is 1. The van der Waals surface area contributed by atoms with Crippen molar-refractivity contribution in [2.45, 2.75) is 51.3 Å². The lowest BCUT2D eigenvalue weighted by molar-refractivity contribution is 0.0459. The van der Waals surface area contributed by atoms with Crippen molar-refractivity contribution >= 4 is 16.1 Å². The first-order chi connectivity index (χ1) is 13.7. The van der Waals surface area contributed by atoms with Crippen molar-refractivity contribution < 1.29 is 22.4 Å². The van der Waals surface area contributed by atoms with E-state index in [4.69, 9.17) is 9.15 Å². The van der Waals surface area contributed by atoms with Crippen molar-refractivity contribution in [3.05, 3.63) is 42.3 Å². The molecule has 9 heteroatoms. The summed E-state index contributed by atoms with van der Waals surface area (Å²) in [6.07, 6.45) is 3.65. The maximum atomic E-state index is 12.6. The fourth-order valence-corrected chi connectivity index (χ4v) is 4.37. The molecule has 158 valence electrons. The van der Waals surface area contributed by atoms with Crippen molar-refractivity contribution in [3.8, 4) is 11.5 Å². The predicted molar refractivity (Wildman–Crippen MR) is 109 cm³/mol. The van der Waals surface area contributed by atoms with Crippen LogP contribution in [0.5, 0.6) is 0 Å². The second-order valence-corrected chi connectivity index (χ2v) is 9.33. The summed E-state index contributed by atoms with van der Waals surface area (Å²) in [6.45, 7) is 4.07. The highest BCUT2D eigenvalue weighted by Crippen LogP contribution is 2.25. The van der Waals surface area contributed by atoms with Crippen molar-refractivity contribution in [1.29, 1.82) is 0 Å². The van der Waals surface area contributed by atoms with E-state index >= 15 is 0 Å². The number of likely N-dealkylation sites (tertiary alicyclic amines) is 1. The van der Waals surface area contributed by atoms with Gasteiger partial charge in [-0.3, -0.25) is 0 Å². The third-order valence-electron chi connectivity index (χ3n) is 4.71. The Hall–Kier alpha value is -2.39. The number of carbonyl (C=O) groups excluding carboxylic acids is 1. The summed E-state index contributed by atoms with van der Waals surface area (Å²) in [6, 6.07) is 8.67. The van der Waals surface area contributed by atoms with E-state index in [1.807, 2.05) is 30.3 Å². The molecule has 1 aliphatic rings. The quantitative estimate of drug-likeness (QED) is 0.770. The molecule has 0 bridgehead atoms. The number of amides is 1. The standard InChI is InChI=1S/C20H27N3O5S/c1-14(2)28-20(24)23-11-7-10-17(22-29(3,25)26)18(23)12-16-13-27-19(21-16)15-8-5-4-6-9-15/h4-6,8-9,13-14,17-18,22H,7,10-12H2,1-3H3. The van der Waals surface area contributed by atoms with E-state index in [-0.39, 0.29) is 6.10 Å². The van der Waals surface area contributed by atoms with Gasteiger partial charge in [0.2, 0.25) is 15.9 Å². The topological polar surface area (TPSA) is 102 Å². The molecule has 1 amide bonds. The number of hydrogen-bond acceptors (Lipinski definition) is 6. The Morgan fingerprint density at radius 2 is 2.07 bits per heavy atom. The minimum Gasteiger partial charge on any atom is -0.447 e. The molecule has 29 heavy (non-hydrogen) atoms. The largest absolute Gasteiger partial charge is 0.447 e. The number of nitrogens with one attached hydrogen (secondary N) is 1. The smallest absolute Gasteiger partial charge is 0.410 e. The summed E-state index contributed by atoms with van der Waals surface area (Å²) >= 11 is 0. The molecule has 2 aromatic rings. The summed E-state index contributed by atoms with van der Waals surface area (Å²) in [7, 11) is -3.43. The molecule has 0 radical (unpaired) electrons. The van der Waals surface area contributed by atoms with Crippen LogP contribution in [0.15, 0.2) is 41.0 Å². The van der Waals surface area contributed by atoms with Gasteiger partial charge in [-0.25, -0.2) is 22.9 Å². The van der Waals surface area contributed by atoms with Crippen LogP contribution < -0.4 is 4.72 Å². The maximum absolute atomic E-state index is 12.6. The number of sulfonamides is 1. The molecule has 1 aromatic carbocycles. The summed E-state index contributed by atoms with van der Waals surface area (Å²) in [5.41, 5.74) is 1.50. The predicted octanol–water partition coefficient (Wildman–Crippen LogP) is 2.81. The highest BCUT2D eigenvalue weighted by Gasteiger charge is 2.37. The lowest BCUT2D eigenvalue weighted by Gasteiger charge is -2.40. The normalized spacial score (nSPS) is 20.1. The molecule has 1 fully saturated rings. The molecule has 0 spiro atoms. The molecule has 1 N–H and O–H groups in total. The fourth-order valence-electron chi connectivity index (χ4n) is 3.55. The van der Waals surface area contributed by atoms with Gasteiger partial charge in [0.05, 0.1) is 24.1 Å². The van der Waals surface area contributed by atoms with Crippen LogP contribution >= 0.6 is 0 Å². The van der Waals surface area contributed by atoms with Gasteiger partial charge >= 0.3 is 6.09 Å². The number of rotatable bonds is 6. The summed E-state index contributed by atoms with van der Waals surface area (Å²) in [4.78, 5) is 18.8. The van der Waals surface area contributed by atoms with E-state index in [9.17, 15) is 13.2 Å². The third kappa shape index (κ3) is 5.80. The SMILES string of the molecule is CC(C)OC(=O)N1CCCC(NS(C)(=O)=O)C1Cc1coc(-c2ccccc2)n1. The highest BCUT2D eigenvalue weighted by molar-refractivity contribution is 7.88. The Balaban J connectivity index is 1.84. The van der Waals surface area contributed by atoms with Crippen molar-refractivity contribution in [2.75, 3.05) is 12.8 Å². The number of carbonyl (C=O) groups is 1. The zero-order valence-corrected chi connectivity index (χ0v) is 17.7. The molecule has 2 heterocycles. The van der Waals surface area contributed by atoms with E-state index in [0.717, 1.165) is 11.8 Å². The Labute approximate surface area is 171 Å². The number of ether oxygens (including phenoxy) is 1. The van der Waals surface area contributed by atoms with Gasteiger partial charge in [-0.2, -0.15) is 0 Å². The molecule has 2 unspecified atom stereocenters. The first kappa shape index (κ1) is 21.3. The van der Waals surface area contributed by atoms with Gasteiger partial charge in [-0.1, -0.05) is 18.2 Å². The van der Waals surface area contributed by atoms with E-state index < -0.39 is 28.2 Å². The van der Waals surface area contributed by atoms with E-state index in [0.29, 0.717) is 37.4 Å². The summed E-state index contributed by atoms with van der Waals surface area (Å²) < 4.78 is 37.4. The van der Waals surface area contributed by atoms with Crippen LogP contribution in [0.25, 0.3) is 11.5 Å². The van der Waals surface area contributed by atoms with Crippen molar-refractivity contribution in [3.63, 3.8) is 0 Å². The van der Waals surface area contributed by atoms with Crippen molar-refractivity contribution in [2.24, 2.45) is 0 Å². The molecular formula is C20H27N3O5S. The first-order valence-electron chi connectivity index (χ1n) is 9.67. The van der Waals surface area contributed by atoms with E-state index in [2.05, 4.69) is 9.71 Å². The molecule has 2 atom stereocenters.